The number of esters is 1. The Labute approximate surface area is 195 Å². The predicted octanol–water partition coefficient (Wildman–Crippen LogP) is 5.03. The number of carbonyl (C=O) groups excluding carboxylic acids is 2. The van der Waals surface area contributed by atoms with Crippen molar-refractivity contribution in [2.75, 3.05) is 20.2 Å². The number of rotatable bonds is 6. The molecule has 176 valence electrons. The van der Waals surface area contributed by atoms with Crippen molar-refractivity contribution in [2.45, 2.75) is 71.9 Å². The van der Waals surface area contributed by atoms with E-state index in [0.29, 0.717) is 24.2 Å². The summed E-state index contributed by atoms with van der Waals surface area (Å²) in [6, 6.07) is 5.97. The predicted molar refractivity (Wildman–Crippen MR) is 127 cm³/mol. The van der Waals surface area contributed by atoms with Crippen LogP contribution in [0.2, 0.25) is 0 Å². The van der Waals surface area contributed by atoms with Crippen LogP contribution in [0.3, 0.4) is 0 Å². The lowest BCUT2D eigenvalue weighted by Crippen LogP contribution is -2.49. The number of methoxy groups -OCH3 is 1. The Kier molecular flexibility index (Phi) is 7.42. The van der Waals surface area contributed by atoms with E-state index in [2.05, 4.69) is 0 Å². The highest BCUT2D eigenvalue weighted by molar-refractivity contribution is 7.96. The average molecular weight is 462 g/mol. The summed E-state index contributed by atoms with van der Waals surface area (Å²) in [7, 11) is 1.61. The van der Waals surface area contributed by atoms with Crippen molar-refractivity contribution >= 4 is 29.4 Å². The van der Waals surface area contributed by atoms with Gasteiger partial charge in [-0.15, -0.1) is 0 Å². The molecule has 3 rings (SSSR count). The van der Waals surface area contributed by atoms with Crippen LogP contribution in [0, 0.1) is 19.3 Å². The van der Waals surface area contributed by atoms with E-state index in [0.717, 1.165) is 29.5 Å². The van der Waals surface area contributed by atoms with Crippen molar-refractivity contribution < 1.29 is 23.8 Å². The van der Waals surface area contributed by atoms with Crippen LogP contribution >= 0.6 is 11.9 Å². The van der Waals surface area contributed by atoms with Crippen LogP contribution < -0.4 is 0 Å². The Balaban J connectivity index is 2.15. The first kappa shape index (κ1) is 24.8. The SMILES string of the molecule is COCOC1CCC2(CC1)C(OC(=O)C(C)(C)C)=C(c1c(C)cccc1C)C(=O)N2SC. The molecule has 32 heavy (non-hydrogen) atoms. The van der Waals surface area contributed by atoms with Gasteiger partial charge in [0, 0.05) is 13.4 Å². The summed E-state index contributed by atoms with van der Waals surface area (Å²) >= 11 is 1.40. The molecule has 0 aromatic heterocycles. The second-order valence-electron chi connectivity index (χ2n) is 9.70. The summed E-state index contributed by atoms with van der Waals surface area (Å²) in [5, 5.41) is 0. The molecule has 7 heteroatoms. The highest BCUT2D eigenvalue weighted by Gasteiger charge is 2.56. The normalized spacial score (nSPS) is 23.9. The zero-order valence-electron chi connectivity index (χ0n) is 20.2. The van der Waals surface area contributed by atoms with Gasteiger partial charge in [0.2, 0.25) is 0 Å². The third kappa shape index (κ3) is 4.47. The summed E-state index contributed by atoms with van der Waals surface area (Å²) in [5.74, 6) is 0.0753. The first-order valence-electron chi connectivity index (χ1n) is 11.1. The standard InChI is InChI=1S/C25H35NO5S/c1-16-9-8-10-17(2)19(16)20-21(31-23(28)24(3,4)5)25(26(32-7)22(20)27)13-11-18(12-14-25)30-15-29-6/h8-10,18H,11-15H2,1-7H3. The summed E-state index contributed by atoms with van der Waals surface area (Å²) in [5.41, 5.74) is 2.01. The number of hydrogen-bond acceptors (Lipinski definition) is 6. The van der Waals surface area contributed by atoms with E-state index in [1.165, 1.54) is 11.9 Å². The van der Waals surface area contributed by atoms with E-state index in [1.54, 1.807) is 7.11 Å². The summed E-state index contributed by atoms with van der Waals surface area (Å²) in [4.78, 5) is 26.9. The lowest BCUT2D eigenvalue weighted by molar-refractivity contribution is -0.151. The maximum Gasteiger partial charge on any atom is 0.316 e. The molecule has 2 aliphatic rings. The van der Waals surface area contributed by atoms with Crippen molar-refractivity contribution in [1.29, 1.82) is 0 Å². The third-order valence-electron chi connectivity index (χ3n) is 6.34. The van der Waals surface area contributed by atoms with E-state index in [1.807, 2.05) is 63.4 Å². The van der Waals surface area contributed by atoms with Crippen molar-refractivity contribution in [3.63, 3.8) is 0 Å². The number of nitrogens with zero attached hydrogens (tertiary/aromatic N) is 1. The van der Waals surface area contributed by atoms with Crippen LogP contribution in [-0.2, 0) is 23.8 Å². The summed E-state index contributed by atoms with van der Waals surface area (Å²) in [6.45, 7) is 9.74. The lowest BCUT2D eigenvalue weighted by atomic mass is 9.78. The molecular formula is C25H35NO5S. The minimum atomic E-state index is -0.686. The van der Waals surface area contributed by atoms with E-state index >= 15 is 0 Å². The molecule has 0 bridgehead atoms. The van der Waals surface area contributed by atoms with Crippen LogP contribution in [0.25, 0.3) is 5.57 Å². The van der Waals surface area contributed by atoms with Crippen LogP contribution in [0.15, 0.2) is 24.0 Å². The van der Waals surface area contributed by atoms with Crippen LogP contribution in [0.4, 0.5) is 0 Å². The Morgan fingerprint density at radius 1 is 1.19 bits per heavy atom. The zero-order valence-corrected chi connectivity index (χ0v) is 21.1. The van der Waals surface area contributed by atoms with Gasteiger partial charge in [-0.05, 0) is 88.9 Å². The minimum absolute atomic E-state index is 0.0585. The van der Waals surface area contributed by atoms with E-state index < -0.39 is 11.0 Å². The Morgan fingerprint density at radius 2 is 1.78 bits per heavy atom. The van der Waals surface area contributed by atoms with Gasteiger partial charge in [-0.2, -0.15) is 0 Å². The molecule has 1 aromatic carbocycles. The average Bonchev–Trinajstić information content (AvgIpc) is 2.94. The highest BCUT2D eigenvalue weighted by atomic mass is 32.2. The van der Waals surface area contributed by atoms with Gasteiger partial charge in [-0.1, -0.05) is 18.2 Å². The van der Waals surface area contributed by atoms with Gasteiger partial charge in [0.15, 0.2) is 0 Å². The van der Waals surface area contributed by atoms with Crippen molar-refractivity contribution in [3.8, 4) is 0 Å². The molecule has 1 saturated carbocycles. The molecule has 1 aliphatic heterocycles. The molecule has 6 nitrogen and oxygen atoms in total. The first-order valence-corrected chi connectivity index (χ1v) is 12.3. The summed E-state index contributed by atoms with van der Waals surface area (Å²) in [6.07, 6.45) is 4.80. The first-order chi connectivity index (χ1) is 15.1. The van der Waals surface area contributed by atoms with E-state index in [9.17, 15) is 9.59 Å². The van der Waals surface area contributed by atoms with Gasteiger partial charge >= 0.3 is 5.97 Å². The van der Waals surface area contributed by atoms with E-state index in [-0.39, 0.29) is 24.8 Å². The molecule has 1 heterocycles. The molecule has 0 unspecified atom stereocenters. The number of benzene rings is 1. The maximum atomic E-state index is 13.8. The monoisotopic (exact) mass is 461 g/mol. The third-order valence-corrected chi connectivity index (χ3v) is 7.22. The van der Waals surface area contributed by atoms with Crippen molar-refractivity contribution in [1.82, 2.24) is 4.31 Å². The van der Waals surface area contributed by atoms with Gasteiger partial charge in [0.1, 0.15) is 18.1 Å². The van der Waals surface area contributed by atoms with Gasteiger partial charge in [-0.3, -0.25) is 13.9 Å². The number of amides is 1. The second kappa shape index (κ2) is 9.57. The zero-order chi connectivity index (χ0) is 23.7. The summed E-state index contributed by atoms with van der Waals surface area (Å²) < 4.78 is 18.8. The molecule has 0 radical (unpaired) electrons. The van der Waals surface area contributed by atoms with Gasteiger partial charge in [0.25, 0.3) is 5.91 Å². The van der Waals surface area contributed by atoms with Crippen LogP contribution in [0.1, 0.15) is 63.1 Å². The quantitative estimate of drug-likeness (QED) is 0.336. The molecule has 1 fully saturated rings. The molecule has 0 saturated heterocycles. The van der Waals surface area contributed by atoms with Crippen LogP contribution in [0.5, 0.6) is 0 Å². The number of hydrogen-bond donors (Lipinski definition) is 0. The topological polar surface area (TPSA) is 65.1 Å². The van der Waals surface area contributed by atoms with Gasteiger partial charge in [-0.25, -0.2) is 0 Å². The largest absolute Gasteiger partial charge is 0.427 e. The molecule has 1 amide bonds. The molecule has 0 N–H and O–H groups in total. The Hall–Kier alpha value is -1.83. The van der Waals surface area contributed by atoms with Crippen molar-refractivity contribution in [2.24, 2.45) is 5.41 Å². The second-order valence-corrected chi connectivity index (χ2v) is 10.4. The lowest BCUT2D eigenvalue weighted by Gasteiger charge is -2.43. The number of aryl methyl sites for hydroxylation is 2. The fourth-order valence-electron chi connectivity index (χ4n) is 4.63. The van der Waals surface area contributed by atoms with Crippen LogP contribution in [-0.4, -0.2) is 48.0 Å². The molecule has 1 spiro atoms. The fraction of sp³-hybridized carbons (Fsp3) is 0.600. The molecule has 1 aliphatic carbocycles. The fourth-order valence-corrected chi connectivity index (χ4v) is 5.50. The highest BCUT2D eigenvalue weighted by Crippen LogP contribution is 2.52. The smallest absolute Gasteiger partial charge is 0.316 e. The minimum Gasteiger partial charge on any atom is -0.427 e. The maximum absolute atomic E-state index is 13.8. The number of carbonyl (C=O) groups is 2. The van der Waals surface area contributed by atoms with Gasteiger partial charge in [0.05, 0.1) is 17.1 Å². The number of ether oxygens (including phenoxy) is 3. The van der Waals surface area contributed by atoms with E-state index in [4.69, 9.17) is 14.2 Å². The van der Waals surface area contributed by atoms with Gasteiger partial charge < -0.3 is 14.2 Å². The molecular weight excluding hydrogens is 426 g/mol. The Morgan fingerprint density at radius 3 is 2.28 bits per heavy atom. The molecule has 0 atom stereocenters. The molecule has 1 aromatic rings. The van der Waals surface area contributed by atoms with Crippen molar-refractivity contribution in [3.05, 3.63) is 40.6 Å². The Bertz CT molecular complexity index is 889.